The van der Waals surface area contributed by atoms with E-state index in [1.54, 1.807) is 7.11 Å². The summed E-state index contributed by atoms with van der Waals surface area (Å²) in [6, 6.07) is 0.784. The highest BCUT2D eigenvalue weighted by Gasteiger charge is 2.27. The first-order valence-electron chi connectivity index (χ1n) is 6.67. The van der Waals surface area contributed by atoms with Crippen LogP contribution < -0.4 is 16.6 Å². The number of aliphatic imine (C=N–C) groups is 1. The van der Waals surface area contributed by atoms with E-state index in [-0.39, 0.29) is 12.1 Å². The van der Waals surface area contributed by atoms with Gasteiger partial charge in [-0.3, -0.25) is 5.43 Å². The van der Waals surface area contributed by atoms with E-state index in [2.05, 4.69) is 15.7 Å². The fraction of sp³-hybridized carbons (Fsp3) is 0.917. The number of hydrogen-bond donors (Lipinski definition) is 3. The van der Waals surface area contributed by atoms with Crippen molar-refractivity contribution in [3.63, 3.8) is 0 Å². The summed E-state index contributed by atoms with van der Waals surface area (Å²) in [6.07, 6.45) is 8.69. The quantitative estimate of drug-likeness (QED) is 0.297. The normalized spacial score (nSPS) is 30.8. The van der Waals surface area contributed by atoms with Crippen LogP contribution in [0.2, 0.25) is 0 Å². The maximum Gasteiger partial charge on any atom is 0.206 e. The van der Waals surface area contributed by atoms with E-state index in [1.807, 2.05) is 0 Å². The number of hydrazine groups is 1. The minimum atomic E-state index is 0.250. The Kier molecular flexibility index (Phi) is 4.62. The molecule has 0 radical (unpaired) electrons. The van der Waals surface area contributed by atoms with Crippen LogP contribution in [0.1, 0.15) is 44.9 Å². The molecule has 0 aromatic heterocycles. The summed E-state index contributed by atoms with van der Waals surface area (Å²) >= 11 is 0. The number of hydrogen-bond acceptors (Lipinski definition) is 3. The lowest BCUT2D eigenvalue weighted by Gasteiger charge is -2.19. The van der Waals surface area contributed by atoms with Crippen molar-refractivity contribution < 1.29 is 4.74 Å². The van der Waals surface area contributed by atoms with Crippen LogP contribution in [-0.2, 0) is 4.74 Å². The minimum Gasteiger partial charge on any atom is -0.379 e. The van der Waals surface area contributed by atoms with Crippen molar-refractivity contribution in [1.82, 2.24) is 10.7 Å². The van der Waals surface area contributed by atoms with Gasteiger partial charge in [0.25, 0.3) is 0 Å². The second-order valence-electron chi connectivity index (χ2n) is 5.02. The highest BCUT2D eigenvalue weighted by atomic mass is 16.5. The van der Waals surface area contributed by atoms with Crippen molar-refractivity contribution in [2.45, 2.75) is 63.1 Å². The predicted molar refractivity (Wildman–Crippen MR) is 68.6 cm³/mol. The first kappa shape index (κ1) is 12.6. The van der Waals surface area contributed by atoms with Crippen LogP contribution in [0.4, 0.5) is 0 Å². The van der Waals surface area contributed by atoms with E-state index < -0.39 is 0 Å². The minimum absolute atomic E-state index is 0.250. The molecule has 4 N–H and O–H groups in total. The van der Waals surface area contributed by atoms with Gasteiger partial charge in [-0.05, 0) is 32.1 Å². The third-order valence-electron chi connectivity index (χ3n) is 3.85. The summed E-state index contributed by atoms with van der Waals surface area (Å²) in [5.41, 5.74) is 2.68. The Hall–Kier alpha value is -0.810. The van der Waals surface area contributed by atoms with E-state index >= 15 is 0 Å². The number of rotatable bonds is 3. The fourth-order valence-corrected chi connectivity index (χ4v) is 2.87. The third-order valence-corrected chi connectivity index (χ3v) is 3.85. The number of nitrogens with two attached hydrogens (primary N) is 1. The van der Waals surface area contributed by atoms with Crippen molar-refractivity contribution in [3.8, 4) is 0 Å². The Morgan fingerprint density at radius 3 is 2.59 bits per heavy atom. The lowest BCUT2D eigenvalue weighted by Crippen LogP contribution is -2.46. The van der Waals surface area contributed by atoms with Crippen molar-refractivity contribution in [1.29, 1.82) is 0 Å². The molecule has 5 nitrogen and oxygen atoms in total. The van der Waals surface area contributed by atoms with Gasteiger partial charge in [-0.25, -0.2) is 10.8 Å². The molecule has 0 aliphatic heterocycles. The van der Waals surface area contributed by atoms with Crippen molar-refractivity contribution in [3.05, 3.63) is 0 Å². The third kappa shape index (κ3) is 3.33. The fourth-order valence-electron chi connectivity index (χ4n) is 2.87. The largest absolute Gasteiger partial charge is 0.379 e. The van der Waals surface area contributed by atoms with Gasteiger partial charge in [0.05, 0.1) is 12.1 Å². The number of ether oxygens (including phenoxy) is 1. The van der Waals surface area contributed by atoms with E-state index in [1.165, 1.54) is 32.1 Å². The Balaban J connectivity index is 1.91. The number of methoxy groups -OCH3 is 1. The maximum atomic E-state index is 5.53. The average Bonchev–Trinajstić information content (AvgIpc) is 2.99. The van der Waals surface area contributed by atoms with Gasteiger partial charge in [0.1, 0.15) is 0 Å². The summed E-state index contributed by atoms with van der Waals surface area (Å²) in [5, 5.41) is 3.40. The Labute approximate surface area is 103 Å². The van der Waals surface area contributed by atoms with Crippen LogP contribution in [0.25, 0.3) is 0 Å². The van der Waals surface area contributed by atoms with Gasteiger partial charge in [-0.1, -0.05) is 12.8 Å². The Morgan fingerprint density at radius 1 is 1.18 bits per heavy atom. The maximum absolute atomic E-state index is 5.53. The van der Waals surface area contributed by atoms with Crippen LogP contribution in [0.15, 0.2) is 4.99 Å². The zero-order chi connectivity index (χ0) is 12.1. The van der Waals surface area contributed by atoms with E-state index in [4.69, 9.17) is 10.6 Å². The van der Waals surface area contributed by atoms with Crippen molar-refractivity contribution in [2.75, 3.05) is 7.11 Å². The summed E-state index contributed by atoms with van der Waals surface area (Å²) in [5.74, 6) is 6.26. The topological polar surface area (TPSA) is 71.7 Å². The zero-order valence-electron chi connectivity index (χ0n) is 10.6. The molecule has 2 unspecified atom stereocenters. The molecule has 17 heavy (non-hydrogen) atoms. The lowest BCUT2D eigenvalue weighted by atomic mass is 10.2. The van der Waals surface area contributed by atoms with Gasteiger partial charge in [-0.2, -0.15) is 0 Å². The molecule has 2 aliphatic rings. The molecule has 2 aliphatic carbocycles. The van der Waals surface area contributed by atoms with Gasteiger partial charge < -0.3 is 10.1 Å². The van der Waals surface area contributed by atoms with E-state index in [9.17, 15) is 0 Å². The van der Waals surface area contributed by atoms with Gasteiger partial charge in [0.2, 0.25) is 5.96 Å². The molecule has 0 saturated heterocycles. The molecule has 5 heteroatoms. The van der Waals surface area contributed by atoms with Gasteiger partial charge in [0.15, 0.2) is 0 Å². The molecular weight excluding hydrogens is 216 g/mol. The average molecular weight is 240 g/mol. The molecular formula is C12H24N4O. The monoisotopic (exact) mass is 240 g/mol. The highest BCUT2D eigenvalue weighted by Crippen LogP contribution is 2.24. The molecule has 0 spiro atoms. The molecule has 0 aromatic carbocycles. The smallest absolute Gasteiger partial charge is 0.206 e. The highest BCUT2D eigenvalue weighted by molar-refractivity contribution is 5.79. The summed E-state index contributed by atoms with van der Waals surface area (Å²) in [4.78, 5) is 4.65. The first-order chi connectivity index (χ1) is 8.33. The van der Waals surface area contributed by atoms with E-state index in [0.29, 0.717) is 6.04 Å². The van der Waals surface area contributed by atoms with Crippen molar-refractivity contribution >= 4 is 5.96 Å². The summed E-state index contributed by atoms with van der Waals surface area (Å²) in [7, 11) is 1.76. The number of nitrogens with zero attached hydrogens (tertiary/aromatic N) is 1. The summed E-state index contributed by atoms with van der Waals surface area (Å²) in [6.45, 7) is 0. The Morgan fingerprint density at radius 2 is 1.94 bits per heavy atom. The zero-order valence-corrected chi connectivity index (χ0v) is 10.6. The van der Waals surface area contributed by atoms with Gasteiger partial charge >= 0.3 is 0 Å². The Bertz CT molecular complexity index is 263. The van der Waals surface area contributed by atoms with Crippen LogP contribution >= 0.6 is 0 Å². The lowest BCUT2D eigenvalue weighted by molar-refractivity contribution is 0.0964. The van der Waals surface area contributed by atoms with Crippen LogP contribution in [0.3, 0.4) is 0 Å². The molecule has 0 bridgehead atoms. The van der Waals surface area contributed by atoms with Gasteiger partial charge in [0, 0.05) is 13.2 Å². The molecule has 2 saturated carbocycles. The molecule has 98 valence electrons. The van der Waals surface area contributed by atoms with Crippen molar-refractivity contribution in [2.24, 2.45) is 10.8 Å². The predicted octanol–water partition coefficient (Wildman–Crippen LogP) is 0.905. The molecule has 2 fully saturated rings. The van der Waals surface area contributed by atoms with Crippen LogP contribution in [-0.4, -0.2) is 31.3 Å². The molecule has 0 heterocycles. The summed E-state index contributed by atoms with van der Waals surface area (Å²) < 4.78 is 5.44. The van der Waals surface area contributed by atoms with Gasteiger partial charge in [-0.15, -0.1) is 0 Å². The molecule has 2 atom stereocenters. The second-order valence-corrected chi connectivity index (χ2v) is 5.02. The van der Waals surface area contributed by atoms with Crippen LogP contribution in [0.5, 0.6) is 0 Å². The van der Waals surface area contributed by atoms with E-state index in [0.717, 1.165) is 18.8 Å². The number of nitrogens with one attached hydrogen (secondary N) is 2. The first-order valence-corrected chi connectivity index (χ1v) is 6.67. The molecule has 0 amide bonds. The molecule has 2 rings (SSSR count). The molecule has 0 aromatic rings. The SMILES string of the molecule is COC1CCCC1N=C(NN)NC1CCCC1. The van der Waals surface area contributed by atoms with Crippen LogP contribution in [0, 0.1) is 0 Å². The number of guanidine groups is 1. The second kappa shape index (κ2) is 6.21. The standard InChI is InChI=1S/C12H24N4O/c1-17-11-8-4-7-10(11)15-12(16-13)14-9-5-2-3-6-9/h9-11H,2-8,13H2,1H3,(H2,14,15,16).